The van der Waals surface area contributed by atoms with Crippen molar-refractivity contribution in [2.75, 3.05) is 11.1 Å². The van der Waals surface area contributed by atoms with E-state index >= 15 is 0 Å². The van der Waals surface area contributed by atoms with Crippen LogP contribution in [0, 0.1) is 5.82 Å². The zero-order valence-electron chi connectivity index (χ0n) is 23.8. The number of hydrogen-bond donors (Lipinski definition) is 4. The Kier molecular flexibility index (Phi) is 10.6. The van der Waals surface area contributed by atoms with Gasteiger partial charge in [-0.05, 0) is 36.4 Å². The van der Waals surface area contributed by atoms with Gasteiger partial charge in [-0.1, -0.05) is 5.16 Å². The van der Waals surface area contributed by atoms with E-state index in [1.807, 2.05) is 0 Å². The molecule has 23 heteroatoms. The smallest absolute Gasteiger partial charge is 0.475 e. The van der Waals surface area contributed by atoms with E-state index < -0.39 is 53.6 Å². The number of halogens is 10. The van der Waals surface area contributed by atoms with Gasteiger partial charge in [-0.15, -0.1) is 0 Å². The average molecular weight is 713 g/mol. The number of aliphatic carboxylic acids is 2. The molecule has 0 aliphatic carbocycles. The molecule has 0 bridgehead atoms. The quantitative estimate of drug-likeness (QED) is 0.169. The van der Waals surface area contributed by atoms with E-state index in [0.29, 0.717) is 28.4 Å². The van der Waals surface area contributed by atoms with Crippen molar-refractivity contribution in [2.45, 2.75) is 18.5 Å². The van der Waals surface area contributed by atoms with Gasteiger partial charge in [0.15, 0.2) is 17.1 Å². The first-order chi connectivity index (χ1) is 22.5. The van der Waals surface area contributed by atoms with Crippen molar-refractivity contribution in [3.8, 4) is 17.1 Å². The van der Waals surface area contributed by atoms with Crippen LogP contribution in [0.3, 0.4) is 0 Å². The Hall–Kier alpha value is -6.16. The van der Waals surface area contributed by atoms with Crippen LogP contribution in [0.25, 0.3) is 28.0 Å². The van der Waals surface area contributed by atoms with Crippen LogP contribution < -0.4 is 11.1 Å². The normalized spacial score (nSPS) is 11.7. The standard InChI is InChI=1S/C22H15F4N7O2.2C2HF3O2/c1-32-7-6-28-20(32)11-2-4-15(14(23)8-11)29-21(34)16-10-18(22(24,25)26)30-33(16)12-3-5-17-13(9-12)19(27)31-35-17;2*3-2(4,5)1(6)7/h2-10H,1H3,(H2,27,31)(H,29,34);2*(H,6,7). The first-order valence-corrected chi connectivity index (χ1v) is 12.5. The number of nitrogens with one attached hydrogen (secondary N) is 1. The number of alkyl halides is 9. The summed E-state index contributed by atoms with van der Waals surface area (Å²) < 4.78 is 126. The first kappa shape index (κ1) is 37.3. The first-order valence-electron chi connectivity index (χ1n) is 12.5. The van der Waals surface area contributed by atoms with Gasteiger partial charge in [0.05, 0.1) is 16.8 Å². The largest absolute Gasteiger partial charge is 0.490 e. The molecule has 0 fully saturated rings. The predicted octanol–water partition coefficient (Wildman–Crippen LogP) is 5.67. The molecule has 5 aromatic rings. The molecular formula is C26H17F10N7O6. The van der Waals surface area contributed by atoms with Crippen LogP contribution in [0.5, 0.6) is 0 Å². The number of nitrogens with two attached hydrogens (primary N) is 1. The number of nitrogens with zero attached hydrogens (tertiary/aromatic N) is 5. The van der Waals surface area contributed by atoms with E-state index in [2.05, 4.69) is 20.6 Å². The summed E-state index contributed by atoms with van der Waals surface area (Å²) in [4.78, 5) is 34.9. The monoisotopic (exact) mass is 713 g/mol. The van der Waals surface area contributed by atoms with Crippen LogP contribution in [0.15, 0.2) is 59.4 Å². The van der Waals surface area contributed by atoms with Crippen LogP contribution in [0.1, 0.15) is 16.2 Å². The minimum Gasteiger partial charge on any atom is -0.475 e. The van der Waals surface area contributed by atoms with Gasteiger partial charge in [-0.2, -0.15) is 44.6 Å². The lowest BCUT2D eigenvalue weighted by atomic mass is 10.1. The highest BCUT2D eigenvalue weighted by Gasteiger charge is 2.39. The molecule has 5 N–H and O–H groups in total. The Morgan fingerprint density at radius 1 is 0.898 bits per heavy atom. The lowest BCUT2D eigenvalue weighted by molar-refractivity contribution is -0.193. The van der Waals surface area contributed by atoms with Crippen LogP contribution in [-0.2, 0) is 22.8 Å². The molecule has 0 saturated heterocycles. The molecule has 0 radical (unpaired) electrons. The highest BCUT2D eigenvalue weighted by Crippen LogP contribution is 2.31. The topological polar surface area (TPSA) is 191 Å². The van der Waals surface area contributed by atoms with E-state index in [4.69, 9.17) is 30.1 Å². The molecule has 13 nitrogen and oxygen atoms in total. The molecule has 0 atom stereocenters. The second-order valence-electron chi connectivity index (χ2n) is 9.19. The van der Waals surface area contributed by atoms with E-state index in [1.165, 1.54) is 36.4 Å². The molecule has 0 unspecified atom stereocenters. The molecule has 1 amide bonds. The van der Waals surface area contributed by atoms with Crippen molar-refractivity contribution in [3.63, 3.8) is 0 Å². The van der Waals surface area contributed by atoms with Crippen LogP contribution in [0.4, 0.5) is 55.4 Å². The molecule has 0 spiro atoms. The summed E-state index contributed by atoms with van der Waals surface area (Å²) in [6.45, 7) is 0. The van der Waals surface area contributed by atoms with E-state index in [0.717, 1.165) is 4.68 Å². The maximum Gasteiger partial charge on any atom is 0.490 e. The molecule has 49 heavy (non-hydrogen) atoms. The minimum atomic E-state index is -5.08. The Bertz CT molecular complexity index is 1970. The number of anilines is 2. The van der Waals surface area contributed by atoms with Gasteiger partial charge in [0, 0.05) is 31.1 Å². The Labute approximate surface area is 264 Å². The number of benzene rings is 2. The summed E-state index contributed by atoms with van der Waals surface area (Å²) in [6, 6.07) is 8.78. The molecule has 262 valence electrons. The molecule has 5 rings (SSSR count). The van der Waals surface area contributed by atoms with Crippen LogP contribution in [0.2, 0.25) is 0 Å². The Morgan fingerprint density at radius 3 is 1.98 bits per heavy atom. The third-order valence-electron chi connectivity index (χ3n) is 5.74. The van der Waals surface area contributed by atoms with Crippen LogP contribution >= 0.6 is 0 Å². The van der Waals surface area contributed by atoms with Gasteiger partial charge in [0.2, 0.25) is 0 Å². The summed E-state index contributed by atoms with van der Waals surface area (Å²) in [5.41, 5.74) is 4.58. The number of amides is 1. The molecule has 0 aliphatic heterocycles. The minimum absolute atomic E-state index is 0.0194. The highest BCUT2D eigenvalue weighted by molar-refractivity contribution is 6.04. The number of rotatable bonds is 4. The summed E-state index contributed by atoms with van der Waals surface area (Å²) >= 11 is 0. The number of aryl methyl sites for hydroxylation is 1. The Balaban J connectivity index is 0.000000392. The molecule has 2 aromatic carbocycles. The van der Waals surface area contributed by atoms with E-state index in [-0.39, 0.29) is 17.2 Å². The van der Waals surface area contributed by atoms with Crippen molar-refractivity contribution in [1.82, 2.24) is 24.5 Å². The fourth-order valence-corrected chi connectivity index (χ4v) is 3.54. The summed E-state index contributed by atoms with van der Waals surface area (Å²) in [5, 5.41) is 24.0. The number of carbonyl (C=O) groups excluding carboxylic acids is 1. The molecule has 0 saturated carbocycles. The van der Waals surface area contributed by atoms with Crippen molar-refractivity contribution >= 4 is 40.3 Å². The van der Waals surface area contributed by atoms with Crippen molar-refractivity contribution in [2.24, 2.45) is 7.05 Å². The lowest BCUT2D eigenvalue weighted by Crippen LogP contribution is -2.21. The number of carboxylic acids is 2. The van der Waals surface area contributed by atoms with Crippen molar-refractivity contribution in [3.05, 3.63) is 72.1 Å². The Morgan fingerprint density at radius 2 is 1.49 bits per heavy atom. The lowest BCUT2D eigenvalue weighted by Gasteiger charge is -2.10. The maximum absolute atomic E-state index is 14.8. The summed E-state index contributed by atoms with van der Waals surface area (Å²) in [7, 11) is 1.74. The summed E-state index contributed by atoms with van der Waals surface area (Å²) in [5.74, 6) is -6.79. The fourth-order valence-electron chi connectivity index (χ4n) is 3.54. The number of carbonyl (C=O) groups is 3. The average Bonchev–Trinajstić information content (AvgIpc) is 3.72. The third kappa shape index (κ3) is 9.23. The van der Waals surface area contributed by atoms with Crippen molar-refractivity contribution < 1.29 is 73.0 Å². The van der Waals surface area contributed by atoms with Gasteiger partial charge >= 0.3 is 30.5 Å². The zero-order valence-corrected chi connectivity index (χ0v) is 23.8. The van der Waals surface area contributed by atoms with Crippen LogP contribution in [-0.4, -0.2) is 64.9 Å². The SMILES string of the molecule is Cn1ccnc1-c1ccc(NC(=O)c2cc(C(F)(F)F)nn2-c2ccc3onc(N)c3c2)c(F)c1.O=C(O)C(F)(F)F.O=C(O)C(F)(F)F. The molecule has 3 aromatic heterocycles. The number of aromatic nitrogens is 5. The predicted molar refractivity (Wildman–Crippen MR) is 144 cm³/mol. The van der Waals surface area contributed by atoms with Gasteiger partial charge in [-0.3, -0.25) is 4.79 Å². The summed E-state index contributed by atoms with van der Waals surface area (Å²) in [6.07, 6.45) is -11.8. The third-order valence-corrected chi connectivity index (χ3v) is 5.74. The molecule has 0 aliphatic rings. The second-order valence-corrected chi connectivity index (χ2v) is 9.19. The van der Waals surface area contributed by atoms with Gasteiger partial charge < -0.3 is 30.4 Å². The van der Waals surface area contributed by atoms with E-state index in [1.54, 1.807) is 24.0 Å². The highest BCUT2D eigenvalue weighted by atomic mass is 19.4. The van der Waals surface area contributed by atoms with E-state index in [9.17, 15) is 48.7 Å². The zero-order chi connectivity index (χ0) is 37.1. The number of nitrogen functional groups attached to an aromatic ring is 1. The number of hydrogen-bond acceptors (Lipinski definition) is 8. The number of carboxylic acid groups (broad SMARTS) is 2. The number of fused-ring (bicyclic) bond motifs is 1. The number of imidazole rings is 1. The van der Waals surface area contributed by atoms with Crippen molar-refractivity contribution in [1.29, 1.82) is 0 Å². The molecular weight excluding hydrogens is 696 g/mol. The second kappa shape index (κ2) is 13.9. The van der Waals surface area contributed by atoms with Gasteiger partial charge in [-0.25, -0.2) is 23.6 Å². The fraction of sp³-hybridized carbons (Fsp3) is 0.154. The maximum atomic E-state index is 14.8. The molecule has 3 heterocycles. The van der Waals surface area contributed by atoms with Gasteiger partial charge in [0.25, 0.3) is 5.91 Å². The van der Waals surface area contributed by atoms with Gasteiger partial charge in [0.1, 0.15) is 17.3 Å².